The average molecular weight is 278 g/mol. The van der Waals surface area contributed by atoms with E-state index in [9.17, 15) is 9.59 Å². The Labute approximate surface area is 119 Å². The minimum atomic E-state index is -0.870. The molecule has 0 radical (unpaired) electrons. The third-order valence-corrected chi connectivity index (χ3v) is 3.02. The van der Waals surface area contributed by atoms with E-state index in [4.69, 9.17) is 5.11 Å². The molecule has 1 unspecified atom stereocenters. The lowest BCUT2D eigenvalue weighted by molar-refractivity contribution is -0.140. The normalized spacial score (nSPS) is 12.2. The van der Waals surface area contributed by atoms with Crippen LogP contribution in [0, 0.1) is 12.8 Å². The molecule has 0 bridgehead atoms. The third-order valence-electron chi connectivity index (χ3n) is 3.02. The quantitative estimate of drug-likeness (QED) is 0.659. The number of aryl methyl sites for hydroxylation is 1. The molecule has 0 saturated carbocycles. The molecule has 20 heavy (non-hydrogen) atoms. The first kappa shape index (κ1) is 16.2. The van der Waals surface area contributed by atoms with Crippen LogP contribution in [0.15, 0.2) is 24.3 Å². The van der Waals surface area contributed by atoms with E-state index in [0.29, 0.717) is 18.7 Å². The number of aliphatic carboxylic acids is 1. The summed E-state index contributed by atoms with van der Waals surface area (Å²) in [6.07, 6.45) is 0. The second-order valence-corrected chi connectivity index (χ2v) is 5.14. The van der Waals surface area contributed by atoms with E-state index in [-0.39, 0.29) is 11.8 Å². The van der Waals surface area contributed by atoms with Crippen LogP contribution < -0.4 is 10.6 Å². The van der Waals surface area contributed by atoms with Gasteiger partial charge in [0.25, 0.3) is 5.91 Å². The van der Waals surface area contributed by atoms with E-state index in [2.05, 4.69) is 10.6 Å². The second kappa shape index (κ2) is 7.65. The Morgan fingerprint density at radius 2 is 1.75 bits per heavy atom. The maximum absolute atomic E-state index is 11.8. The summed E-state index contributed by atoms with van der Waals surface area (Å²) >= 11 is 0. The topological polar surface area (TPSA) is 78.4 Å². The Morgan fingerprint density at radius 3 is 2.25 bits per heavy atom. The molecule has 0 aliphatic carbocycles. The fraction of sp³-hybridized carbons (Fsp3) is 0.467. The maximum Gasteiger partial charge on any atom is 0.320 e. The van der Waals surface area contributed by atoms with Gasteiger partial charge in [0.05, 0.1) is 0 Å². The molecule has 5 heteroatoms. The molecule has 5 nitrogen and oxygen atoms in total. The van der Waals surface area contributed by atoms with Crippen LogP contribution in [-0.4, -0.2) is 36.1 Å². The molecule has 0 aromatic heterocycles. The van der Waals surface area contributed by atoms with Gasteiger partial charge in [-0.05, 0) is 25.0 Å². The number of hydrogen-bond donors (Lipinski definition) is 3. The second-order valence-electron chi connectivity index (χ2n) is 5.14. The van der Waals surface area contributed by atoms with Crippen LogP contribution in [0.5, 0.6) is 0 Å². The zero-order valence-electron chi connectivity index (χ0n) is 12.1. The van der Waals surface area contributed by atoms with Crippen molar-refractivity contribution in [2.75, 3.05) is 13.1 Å². The van der Waals surface area contributed by atoms with Gasteiger partial charge in [-0.15, -0.1) is 0 Å². The zero-order valence-corrected chi connectivity index (χ0v) is 12.1. The van der Waals surface area contributed by atoms with Gasteiger partial charge >= 0.3 is 5.97 Å². The summed E-state index contributed by atoms with van der Waals surface area (Å²) in [4.78, 5) is 22.8. The van der Waals surface area contributed by atoms with Gasteiger partial charge in [0.15, 0.2) is 0 Å². The van der Waals surface area contributed by atoms with Crippen molar-refractivity contribution in [1.82, 2.24) is 10.6 Å². The van der Waals surface area contributed by atoms with Gasteiger partial charge in [-0.1, -0.05) is 31.5 Å². The van der Waals surface area contributed by atoms with Crippen LogP contribution in [0.25, 0.3) is 0 Å². The van der Waals surface area contributed by atoms with Crippen molar-refractivity contribution < 1.29 is 14.7 Å². The largest absolute Gasteiger partial charge is 0.480 e. The Balaban J connectivity index is 2.35. The molecule has 0 heterocycles. The molecule has 1 aromatic carbocycles. The fourth-order valence-electron chi connectivity index (χ4n) is 1.82. The number of amides is 1. The molecule has 0 aliphatic heterocycles. The standard InChI is InChI=1S/C15H22N2O3/c1-10(2)13(15(19)20)16-8-9-17-14(18)12-6-4-11(3)5-7-12/h4-7,10,13,16H,8-9H2,1-3H3,(H,17,18)(H,19,20). The number of carboxylic acids is 1. The van der Waals surface area contributed by atoms with Crippen molar-refractivity contribution in [3.8, 4) is 0 Å². The highest BCUT2D eigenvalue weighted by molar-refractivity contribution is 5.94. The van der Waals surface area contributed by atoms with Gasteiger partial charge in [-0.25, -0.2) is 0 Å². The van der Waals surface area contributed by atoms with Gasteiger partial charge in [0, 0.05) is 18.7 Å². The molecule has 1 amide bonds. The lowest BCUT2D eigenvalue weighted by atomic mass is 10.1. The van der Waals surface area contributed by atoms with E-state index in [1.165, 1.54) is 0 Å². The summed E-state index contributed by atoms with van der Waals surface area (Å²) in [6, 6.07) is 6.71. The molecular formula is C15H22N2O3. The Bertz CT molecular complexity index is 455. The van der Waals surface area contributed by atoms with Crippen molar-refractivity contribution in [3.05, 3.63) is 35.4 Å². The summed E-state index contributed by atoms with van der Waals surface area (Å²) in [5.74, 6) is -1.02. The first-order valence-electron chi connectivity index (χ1n) is 6.73. The van der Waals surface area contributed by atoms with Crippen LogP contribution in [0.2, 0.25) is 0 Å². The van der Waals surface area contributed by atoms with Crippen LogP contribution in [0.3, 0.4) is 0 Å². The number of carboxylic acid groups (broad SMARTS) is 1. The Hall–Kier alpha value is -1.88. The van der Waals surface area contributed by atoms with Crippen molar-refractivity contribution >= 4 is 11.9 Å². The van der Waals surface area contributed by atoms with Crippen molar-refractivity contribution in [1.29, 1.82) is 0 Å². The highest BCUT2D eigenvalue weighted by Gasteiger charge is 2.20. The maximum atomic E-state index is 11.8. The summed E-state index contributed by atoms with van der Waals surface area (Å²) in [5.41, 5.74) is 1.71. The minimum Gasteiger partial charge on any atom is -0.480 e. The predicted octanol–water partition coefficient (Wildman–Crippen LogP) is 1.42. The number of hydrogen-bond acceptors (Lipinski definition) is 3. The molecule has 1 rings (SSSR count). The molecule has 0 fully saturated rings. The highest BCUT2D eigenvalue weighted by Crippen LogP contribution is 2.03. The first-order chi connectivity index (χ1) is 9.41. The van der Waals surface area contributed by atoms with E-state index >= 15 is 0 Å². The molecule has 1 aromatic rings. The lowest BCUT2D eigenvalue weighted by Gasteiger charge is -2.17. The van der Waals surface area contributed by atoms with Crippen molar-refractivity contribution in [2.24, 2.45) is 5.92 Å². The van der Waals surface area contributed by atoms with Crippen LogP contribution in [0.4, 0.5) is 0 Å². The fourth-order valence-corrected chi connectivity index (χ4v) is 1.82. The Kier molecular flexibility index (Phi) is 6.18. The summed E-state index contributed by atoms with van der Waals surface area (Å²) < 4.78 is 0. The number of nitrogens with one attached hydrogen (secondary N) is 2. The van der Waals surface area contributed by atoms with Gasteiger partial charge in [0.1, 0.15) is 6.04 Å². The van der Waals surface area contributed by atoms with Crippen molar-refractivity contribution in [2.45, 2.75) is 26.8 Å². The third kappa shape index (κ3) is 5.01. The molecular weight excluding hydrogens is 256 g/mol. The van der Waals surface area contributed by atoms with Gasteiger partial charge in [0.2, 0.25) is 0 Å². The first-order valence-corrected chi connectivity index (χ1v) is 6.73. The van der Waals surface area contributed by atoms with E-state index < -0.39 is 12.0 Å². The monoisotopic (exact) mass is 278 g/mol. The minimum absolute atomic E-state index is 0.000278. The van der Waals surface area contributed by atoms with Gasteiger partial charge in [-0.3, -0.25) is 9.59 Å². The highest BCUT2D eigenvalue weighted by atomic mass is 16.4. The molecule has 0 saturated heterocycles. The molecule has 3 N–H and O–H groups in total. The number of benzene rings is 1. The molecule has 0 spiro atoms. The average Bonchev–Trinajstić information content (AvgIpc) is 2.38. The van der Waals surface area contributed by atoms with Gasteiger partial charge < -0.3 is 15.7 Å². The SMILES string of the molecule is Cc1ccc(C(=O)NCCNC(C(=O)O)C(C)C)cc1. The predicted molar refractivity (Wildman–Crippen MR) is 77.8 cm³/mol. The number of carbonyl (C=O) groups is 2. The van der Waals surface area contributed by atoms with Crippen LogP contribution in [-0.2, 0) is 4.79 Å². The van der Waals surface area contributed by atoms with Crippen LogP contribution >= 0.6 is 0 Å². The zero-order chi connectivity index (χ0) is 15.1. The molecule has 110 valence electrons. The van der Waals surface area contributed by atoms with E-state index in [1.54, 1.807) is 12.1 Å². The van der Waals surface area contributed by atoms with Gasteiger partial charge in [-0.2, -0.15) is 0 Å². The summed E-state index contributed by atoms with van der Waals surface area (Å²) in [6.45, 7) is 6.47. The van der Waals surface area contributed by atoms with Crippen molar-refractivity contribution in [3.63, 3.8) is 0 Å². The Morgan fingerprint density at radius 1 is 1.15 bits per heavy atom. The summed E-state index contributed by atoms with van der Waals surface area (Å²) in [5, 5.41) is 14.7. The molecule has 1 atom stereocenters. The van der Waals surface area contributed by atoms with E-state index in [0.717, 1.165) is 5.56 Å². The summed E-state index contributed by atoms with van der Waals surface area (Å²) in [7, 11) is 0. The lowest BCUT2D eigenvalue weighted by Crippen LogP contribution is -2.44. The number of rotatable bonds is 7. The molecule has 0 aliphatic rings. The van der Waals surface area contributed by atoms with E-state index in [1.807, 2.05) is 32.9 Å². The number of carbonyl (C=O) groups excluding carboxylic acids is 1. The smallest absolute Gasteiger partial charge is 0.320 e. The van der Waals surface area contributed by atoms with Crippen LogP contribution in [0.1, 0.15) is 29.8 Å².